The first kappa shape index (κ1) is 13.7. The number of carbonyl (C=O) groups is 1. The van der Waals surface area contributed by atoms with Gasteiger partial charge in [0.05, 0.1) is 6.10 Å². The highest BCUT2D eigenvalue weighted by molar-refractivity contribution is 5.73. The molecule has 0 amide bonds. The molecule has 2 atom stereocenters. The molecular formula is C8H17NO3. The number of hydrogen-bond acceptors (Lipinski definition) is 3. The number of nitrogens with two attached hydrogens (primary N) is 1. The van der Waals surface area contributed by atoms with Crippen LogP contribution in [0.2, 0.25) is 0 Å². The van der Waals surface area contributed by atoms with Crippen LogP contribution in [0.15, 0.2) is 12.2 Å². The van der Waals surface area contributed by atoms with Gasteiger partial charge in [0.1, 0.15) is 6.04 Å². The average molecular weight is 175 g/mol. The first-order chi connectivity index (χ1) is 5.29. The van der Waals surface area contributed by atoms with Gasteiger partial charge in [0.25, 0.3) is 0 Å². The molecule has 0 aromatic carbocycles. The Balaban J connectivity index is 0. The molecule has 0 fully saturated rings. The fourth-order valence-corrected chi connectivity index (χ4v) is 0.206. The topological polar surface area (TPSA) is 83.5 Å². The van der Waals surface area contributed by atoms with Crippen LogP contribution < -0.4 is 5.73 Å². The number of aliphatic carboxylic acids is 1. The summed E-state index contributed by atoms with van der Waals surface area (Å²) in [5.41, 5.74) is 6.08. The predicted molar refractivity (Wildman–Crippen MR) is 47.8 cm³/mol. The van der Waals surface area contributed by atoms with E-state index in [4.69, 9.17) is 15.9 Å². The smallest absolute Gasteiger partial charge is 0.323 e. The Kier molecular flexibility index (Phi) is 7.78. The molecule has 72 valence electrons. The molecule has 0 aromatic heterocycles. The van der Waals surface area contributed by atoms with Crippen LogP contribution >= 0.6 is 0 Å². The Bertz CT molecular complexity index is 150. The lowest BCUT2D eigenvalue weighted by atomic mass is 10.2. The van der Waals surface area contributed by atoms with Crippen LogP contribution in [-0.2, 0) is 4.79 Å². The van der Waals surface area contributed by atoms with E-state index >= 15 is 0 Å². The molecule has 0 bridgehead atoms. The van der Waals surface area contributed by atoms with Crippen molar-refractivity contribution in [2.45, 2.75) is 32.9 Å². The van der Waals surface area contributed by atoms with Crippen LogP contribution in [0.5, 0.6) is 0 Å². The molecule has 0 heterocycles. The third-order valence-electron chi connectivity index (χ3n) is 0.805. The standard InChI is InChI=1S/C4H9NO3.C4H8/c1-2(6)3(5)4(7)8;1-4(2)3/h2-3,6H,5H2,1H3,(H,7,8);1H2,2-3H3/t2-,3+;/m1./s1. The van der Waals surface area contributed by atoms with E-state index in [-0.39, 0.29) is 0 Å². The average Bonchev–Trinajstić information content (AvgIpc) is 1.84. The zero-order valence-corrected chi connectivity index (χ0v) is 7.74. The van der Waals surface area contributed by atoms with Gasteiger partial charge in [0.15, 0.2) is 0 Å². The summed E-state index contributed by atoms with van der Waals surface area (Å²) in [6.45, 7) is 8.83. The number of aliphatic hydroxyl groups excluding tert-OH is 1. The molecular weight excluding hydrogens is 158 g/mol. The molecule has 0 rings (SSSR count). The maximum Gasteiger partial charge on any atom is 0.323 e. The summed E-state index contributed by atoms with van der Waals surface area (Å²) >= 11 is 0. The van der Waals surface area contributed by atoms with Gasteiger partial charge in [0.2, 0.25) is 0 Å². The first-order valence-corrected chi connectivity index (χ1v) is 3.57. The van der Waals surface area contributed by atoms with Crippen molar-refractivity contribution in [3.63, 3.8) is 0 Å². The highest BCUT2D eigenvalue weighted by Gasteiger charge is 2.16. The lowest BCUT2D eigenvalue weighted by molar-refractivity contribution is -0.140. The molecule has 0 aromatic rings. The summed E-state index contributed by atoms with van der Waals surface area (Å²) < 4.78 is 0. The molecule has 0 saturated carbocycles. The third-order valence-corrected chi connectivity index (χ3v) is 0.805. The van der Waals surface area contributed by atoms with Crippen molar-refractivity contribution in [2.24, 2.45) is 5.73 Å². The summed E-state index contributed by atoms with van der Waals surface area (Å²) in [5, 5.41) is 16.6. The van der Waals surface area contributed by atoms with Gasteiger partial charge in [-0.05, 0) is 20.8 Å². The van der Waals surface area contributed by atoms with Crippen molar-refractivity contribution < 1.29 is 15.0 Å². The maximum absolute atomic E-state index is 9.86. The van der Waals surface area contributed by atoms with Gasteiger partial charge in [0, 0.05) is 0 Å². The van der Waals surface area contributed by atoms with Crippen molar-refractivity contribution >= 4 is 5.97 Å². The quantitative estimate of drug-likeness (QED) is 0.529. The van der Waals surface area contributed by atoms with Gasteiger partial charge in [-0.15, -0.1) is 6.58 Å². The SMILES string of the molecule is C=C(C)C.C[C@@H](O)[C@H](N)C(=O)O. The van der Waals surface area contributed by atoms with E-state index in [0.717, 1.165) is 0 Å². The van der Waals surface area contributed by atoms with E-state index < -0.39 is 18.1 Å². The van der Waals surface area contributed by atoms with Crippen LogP contribution in [-0.4, -0.2) is 28.3 Å². The van der Waals surface area contributed by atoms with Gasteiger partial charge < -0.3 is 15.9 Å². The van der Waals surface area contributed by atoms with Crippen molar-refractivity contribution in [3.05, 3.63) is 12.2 Å². The Labute approximate surface area is 72.7 Å². The number of aliphatic hydroxyl groups is 1. The summed E-state index contributed by atoms with van der Waals surface area (Å²) in [5.74, 6) is -1.18. The second kappa shape index (κ2) is 6.82. The lowest BCUT2D eigenvalue weighted by Gasteiger charge is -2.06. The number of rotatable bonds is 2. The summed E-state index contributed by atoms with van der Waals surface area (Å²) in [6.07, 6.45) is -0.979. The van der Waals surface area contributed by atoms with Crippen molar-refractivity contribution in [1.29, 1.82) is 0 Å². The van der Waals surface area contributed by atoms with Crippen LogP contribution in [0.1, 0.15) is 20.8 Å². The van der Waals surface area contributed by atoms with E-state index in [1.165, 1.54) is 12.5 Å². The molecule has 0 aliphatic rings. The molecule has 0 aliphatic carbocycles. The first-order valence-electron chi connectivity index (χ1n) is 3.57. The monoisotopic (exact) mass is 175 g/mol. The summed E-state index contributed by atoms with van der Waals surface area (Å²) in [7, 11) is 0. The number of hydrogen-bond donors (Lipinski definition) is 3. The largest absolute Gasteiger partial charge is 0.480 e. The summed E-state index contributed by atoms with van der Waals surface area (Å²) in [6, 6.07) is -1.16. The molecule has 0 radical (unpaired) electrons. The normalized spacial score (nSPS) is 13.8. The Morgan fingerprint density at radius 3 is 1.75 bits per heavy atom. The van der Waals surface area contributed by atoms with Crippen LogP contribution in [0.25, 0.3) is 0 Å². The second-order valence-corrected chi connectivity index (χ2v) is 2.81. The number of carboxylic acids is 1. The highest BCUT2D eigenvalue weighted by Crippen LogP contribution is 1.85. The molecule has 12 heavy (non-hydrogen) atoms. The van der Waals surface area contributed by atoms with Gasteiger partial charge in [-0.3, -0.25) is 4.79 Å². The Morgan fingerprint density at radius 2 is 1.75 bits per heavy atom. The zero-order chi connectivity index (χ0) is 10.3. The number of carboxylic acid groups (broad SMARTS) is 1. The van der Waals surface area contributed by atoms with E-state index in [1.807, 2.05) is 13.8 Å². The van der Waals surface area contributed by atoms with Gasteiger partial charge in [-0.2, -0.15) is 0 Å². The molecule has 0 spiro atoms. The van der Waals surface area contributed by atoms with Crippen LogP contribution in [0.3, 0.4) is 0 Å². The molecule has 0 saturated heterocycles. The molecule has 0 unspecified atom stereocenters. The minimum atomic E-state index is -1.18. The van der Waals surface area contributed by atoms with E-state index in [2.05, 4.69) is 6.58 Å². The van der Waals surface area contributed by atoms with E-state index in [0.29, 0.717) is 0 Å². The molecule has 4 N–H and O–H groups in total. The summed E-state index contributed by atoms with van der Waals surface area (Å²) in [4.78, 5) is 9.86. The maximum atomic E-state index is 9.86. The Morgan fingerprint density at radius 1 is 1.50 bits per heavy atom. The molecule has 4 nitrogen and oxygen atoms in total. The zero-order valence-electron chi connectivity index (χ0n) is 7.74. The van der Waals surface area contributed by atoms with Crippen LogP contribution in [0, 0.1) is 0 Å². The second-order valence-electron chi connectivity index (χ2n) is 2.81. The fraction of sp³-hybridized carbons (Fsp3) is 0.625. The Hall–Kier alpha value is -0.870. The minimum absolute atomic E-state index is 0.979. The highest BCUT2D eigenvalue weighted by atomic mass is 16.4. The van der Waals surface area contributed by atoms with Crippen molar-refractivity contribution in [2.75, 3.05) is 0 Å². The van der Waals surface area contributed by atoms with Crippen LogP contribution in [0.4, 0.5) is 0 Å². The minimum Gasteiger partial charge on any atom is -0.480 e. The fourth-order valence-electron chi connectivity index (χ4n) is 0.206. The predicted octanol–water partition coefficient (Wildman–Crippen LogP) is 0.362. The van der Waals surface area contributed by atoms with Crippen molar-refractivity contribution in [3.8, 4) is 0 Å². The van der Waals surface area contributed by atoms with Gasteiger partial charge in [-0.25, -0.2) is 0 Å². The number of allylic oxidation sites excluding steroid dienone is 1. The van der Waals surface area contributed by atoms with Gasteiger partial charge >= 0.3 is 5.97 Å². The molecule has 4 heteroatoms. The van der Waals surface area contributed by atoms with E-state index in [1.54, 1.807) is 0 Å². The van der Waals surface area contributed by atoms with Gasteiger partial charge in [-0.1, -0.05) is 5.57 Å². The third kappa shape index (κ3) is 11.9. The van der Waals surface area contributed by atoms with Crippen molar-refractivity contribution in [1.82, 2.24) is 0 Å². The molecule has 0 aliphatic heterocycles. The van der Waals surface area contributed by atoms with E-state index in [9.17, 15) is 4.79 Å². The lowest BCUT2D eigenvalue weighted by Crippen LogP contribution is -2.39.